The molecule has 0 radical (unpaired) electrons. The molecule has 61 heavy (non-hydrogen) atoms. The van der Waals surface area contributed by atoms with Gasteiger partial charge in [-0.2, -0.15) is 9.97 Å². The van der Waals surface area contributed by atoms with Crippen LogP contribution in [0.2, 0.25) is 0 Å². The average molecular weight is 851 g/mol. The van der Waals surface area contributed by atoms with Crippen molar-refractivity contribution >= 4 is 41.2 Å². The number of nitrogen functional groups attached to an aromatic ring is 2. The Hall–Kier alpha value is -6.57. The van der Waals surface area contributed by atoms with Crippen molar-refractivity contribution < 1.29 is 46.8 Å². The molecule has 20 heteroatoms. The van der Waals surface area contributed by atoms with E-state index in [9.17, 15) is 23.2 Å². The van der Waals surface area contributed by atoms with Crippen LogP contribution in [0.25, 0.3) is 0 Å². The number of likely N-dealkylation sites (tertiary alicyclic amines) is 1. The number of amides is 1. The largest absolute Gasteiger partial charge is 0.497 e. The van der Waals surface area contributed by atoms with Gasteiger partial charge in [-0.25, -0.2) is 23.5 Å². The number of carbonyl (C=O) groups excluding carboxylic acids is 3. The van der Waals surface area contributed by atoms with E-state index in [4.69, 9.17) is 35.2 Å². The monoisotopic (exact) mass is 850 g/mol. The molecule has 328 valence electrons. The van der Waals surface area contributed by atoms with Crippen LogP contribution in [-0.4, -0.2) is 115 Å². The number of rotatable bonds is 12. The van der Waals surface area contributed by atoms with Crippen LogP contribution in [0, 0.1) is 11.6 Å². The van der Waals surface area contributed by atoms with Crippen LogP contribution in [0.3, 0.4) is 0 Å². The van der Waals surface area contributed by atoms with Gasteiger partial charge in [0, 0.05) is 61.8 Å². The van der Waals surface area contributed by atoms with Gasteiger partial charge in [0.25, 0.3) is 0 Å². The zero-order valence-corrected chi connectivity index (χ0v) is 35.2. The summed E-state index contributed by atoms with van der Waals surface area (Å²) in [5.41, 5.74) is 10.9. The molecule has 6 rings (SSSR count). The molecule has 4 aromatic rings. The molecule has 0 unspecified atom stereocenters. The SMILES string of the molecule is COc1cc(F)c(C(=O)c2cnc(NC3CCN(C(=O)OC(C)(C)C)CC3)nc2N)c(OC)c1.COc1cc(F)c(C(=O)c2cnc(NC3CCNCC3)nc2N)c(OC)c1. The van der Waals surface area contributed by atoms with E-state index in [-0.39, 0.29) is 81.0 Å². The van der Waals surface area contributed by atoms with E-state index in [1.54, 1.807) is 4.90 Å². The van der Waals surface area contributed by atoms with E-state index in [2.05, 4.69) is 35.9 Å². The Morgan fingerprint density at radius 2 is 1.13 bits per heavy atom. The summed E-state index contributed by atoms with van der Waals surface area (Å²) in [5.74, 6) is -1.94. The van der Waals surface area contributed by atoms with Gasteiger partial charge in [-0.3, -0.25) is 9.59 Å². The van der Waals surface area contributed by atoms with Gasteiger partial charge >= 0.3 is 6.09 Å². The lowest BCUT2D eigenvalue weighted by molar-refractivity contribution is 0.0210. The molecule has 2 aromatic heterocycles. The molecule has 2 aliphatic heterocycles. The van der Waals surface area contributed by atoms with E-state index in [1.807, 2.05) is 20.8 Å². The molecule has 4 heterocycles. The van der Waals surface area contributed by atoms with Gasteiger partial charge in [-0.1, -0.05) is 0 Å². The van der Waals surface area contributed by atoms with E-state index in [0.29, 0.717) is 31.9 Å². The number of hydrogen-bond donors (Lipinski definition) is 5. The lowest BCUT2D eigenvalue weighted by atomic mass is 10.0. The highest BCUT2D eigenvalue weighted by atomic mass is 19.1. The highest BCUT2D eigenvalue weighted by Gasteiger charge is 2.29. The number of nitrogens with one attached hydrogen (secondary N) is 3. The number of carbonyl (C=O) groups is 3. The van der Waals surface area contributed by atoms with Gasteiger partial charge < -0.3 is 56.0 Å². The molecule has 2 aromatic carbocycles. The molecular formula is C41H52F2N10O8. The fourth-order valence-corrected chi connectivity index (χ4v) is 6.53. The molecule has 2 aliphatic rings. The number of hydrogen-bond acceptors (Lipinski definition) is 17. The normalized spacial score (nSPS) is 14.5. The number of piperidine rings is 2. The lowest BCUT2D eigenvalue weighted by Gasteiger charge is -2.33. The van der Waals surface area contributed by atoms with Crippen LogP contribution in [-0.2, 0) is 4.74 Å². The number of nitrogens with two attached hydrogens (primary N) is 2. The number of aromatic nitrogens is 4. The fourth-order valence-electron chi connectivity index (χ4n) is 6.53. The Kier molecular flexibility index (Phi) is 15.0. The number of methoxy groups -OCH3 is 4. The van der Waals surface area contributed by atoms with Crippen LogP contribution in [0.5, 0.6) is 23.0 Å². The topological polar surface area (TPSA) is 240 Å². The standard InChI is InChI=1S/C23H30FN5O5.C18H22FN5O3/c1-23(2,3)34-22(31)29-8-6-13(7-9-29)27-21-26-12-15(20(25)28-21)19(30)18-16(24)10-14(32-4)11-17(18)33-5;1-26-11-7-13(19)15(14(8-11)27-2)16(25)12-9-22-18(24-17(12)20)23-10-3-5-21-6-4-10/h10-13H,6-9H2,1-5H3,(H3,25,26,27,28);7-10,21H,3-6H2,1-2H3,(H3,20,22,23,24). The van der Waals surface area contributed by atoms with Gasteiger partial charge in [0.05, 0.1) is 39.6 Å². The minimum atomic E-state index is -0.806. The molecule has 2 saturated heterocycles. The van der Waals surface area contributed by atoms with Crippen molar-refractivity contribution in [2.45, 2.75) is 64.1 Å². The fraction of sp³-hybridized carbons (Fsp3) is 0.439. The second kappa shape index (κ2) is 20.1. The van der Waals surface area contributed by atoms with Crippen molar-refractivity contribution in [2.24, 2.45) is 0 Å². The third kappa shape index (κ3) is 11.6. The number of nitrogens with zero attached hydrogens (tertiary/aromatic N) is 5. The third-order valence-corrected chi connectivity index (χ3v) is 9.70. The smallest absolute Gasteiger partial charge is 0.410 e. The molecule has 18 nitrogen and oxygen atoms in total. The van der Waals surface area contributed by atoms with Gasteiger partial charge in [0.2, 0.25) is 23.5 Å². The molecule has 2 fully saturated rings. The number of benzene rings is 2. The Bertz CT molecular complexity index is 2210. The van der Waals surface area contributed by atoms with Gasteiger partial charge in [-0.15, -0.1) is 0 Å². The van der Waals surface area contributed by atoms with Crippen LogP contribution < -0.4 is 46.4 Å². The minimum Gasteiger partial charge on any atom is -0.497 e. The summed E-state index contributed by atoms with van der Waals surface area (Å²) in [5, 5.41) is 9.66. The van der Waals surface area contributed by atoms with Crippen molar-refractivity contribution in [3.05, 3.63) is 70.5 Å². The summed E-state index contributed by atoms with van der Waals surface area (Å²) in [4.78, 5) is 56.4. The van der Waals surface area contributed by atoms with Crippen molar-refractivity contribution in [1.82, 2.24) is 30.2 Å². The van der Waals surface area contributed by atoms with Crippen LogP contribution in [0.15, 0.2) is 36.7 Å². The summed E-state index contributed by atoms with van der Waals surface area (Å²) in [6.07, 6.45) is 5.43. The minimum absolute atomic E-state index is 0.00762. The molecule has 1 amide bonds. The summed E-state index contributed by atoms with van der Waals surface area (Å²) >= 11 is 0. The molecule has 0 atom stereocenters. The predicted octanol–water partition coefficient (Wildman–Crippen LogP) is 4.87. The van der Waals surface area contributed by atoms with Crippen molar-refractivity contribution in [2.75, 3.05) is 76.7 Å². The van der Waals surface area contributed by atoms with Crippen molar-refractivity contribution in [3.8, 4) is 23.0 Å². The van der Waals surface area contributed by atoms with E-state index >= 15 is 0 Å². The Morgan fingerprint density at radius 1 is 0.705 bits per heavy atom. The van der Waals surface area contributed by atoms with Crippen LogP contribution in [0.1, 0.15) is 78.3 Å². The van der Waals surface area contributed by atoms with Crippen LogP contribution >= 0.6 is 0 Å². The third-order valence-electron chi connectivity index (χ3n) is 9.70. The van der Waals surface area contributed by atoms with Gasteiger partial charge in [0.1, 0.15) is 63.0 Å². The van der Waals surface area contributed by atoms with Gasteiger partial charge in [-0.05, 0) is 59.5 Å². The Labute approximate surface area is 352 Å². The first-order valence-electron chi connectivity index (χ1n) is 19.4. The van der Waals surface area contributed by atoms with Crippen molar-refractivity contribution in [3.63, 3.8) is 0 Å². The van der Waals surface area contributed by atoms with Crippen LogP contribution in [0.4, 0.5) is 37.1 Å². The predicted molar refractivity (Wildman–Crippen MR) is 223 cm³/mol. The Morgan fingerprint density at radius 3 is 1.51 bits per heavy atom. The first-order valence-corrected chi connectivity index (χ1v) is 19.4. The number of anilines is 4. The Balaban J connectivity index is 0.000000237. The number of ketones is 2. The van der Waals surface area contributed by atoms with Gasteiger partial charge in [0.15, 0.2) is 0 Å². The molecule has 0 aliphatic carbocycles. The maximum Gasteiger partial charge on any atom is 0.410 e. The summed E-state index contributed by atoms with van der Waals surface area (Å²) in [7, 11) is 5.45. The van der Waals surface area contributed by atoms with Crippen molar-refractivity contribution in [1.29, 1.82) is 0 Å². The quantitative estimate of drug-likeness (QED) is 0.120. The molecule has 0 spiro atoms. The second-order valence-electron chi connectivity index (χ2n) is 15.1. The number of ether oxygens (including phenoxy) is 5. The maximum absolute atomic E-state index is 14.6. The molecular weight excluding hydrogens is 799 g/mol. The summed E-state index contributed by atoms with van der Waals surface area (Å²) in [6, 6.07) is 5.30. The highest BCUT2D eigenvalue weighted by molar-refractivity contribution is 6.14. The number of halogens is 2. The van der Waals surface area contributed by atoms with E-state index in [1.165, 1.54) is 53.0 Å². The summed E-state index contributed by atoms with van der Waals surface area (Å²) in [6.45, 7) is 8.36. The molecule has 0 bridgehead atoms. The highest BCUT2D eigenvalue weighted by Crippen LogP contribution is 2.32. The zero-order valence-electron chi connectivity index (χ0n) is 35.2. The lowest BCUT2D eigenvalue weighted by Crippen LogP contribution is -2.44. The van der Waals surface area contributed by atoms with E-state index < -0.39 is 28.8 Å². The first kappa shape index (κ1) is 45.5. The molecule has 7 N–H and O–H groups in total. The summed E-state index contributed by atoms with van der Waals surface area (Å²) < 4.78 is 54.8. The molecule has 0 saturated carbocycles. The maximum atomic E-state index is 14.6. The van der Waals surface area contributed by atoms with E-state index in [0.717, 1.165) is 38.1 Å². The first-order chi connectivity index (χ1) is 29.0. The zero-order chi connectivity index (χ0) is 44.4. The second-order valence-corrected chi connectivity index (χ2v) is 15.1. The average Bonchev–Trinajstić information content (AvgIpc) is 3.23.